The largest absolute Gasteiger partial charge is 0.396 e. The van der Waals surface area contributed by atoms with Gasteiger partial charge in [0, 0.05) is 30.8 Å². The first-order valence-corrected chi connectivity index (χ1v) is 9.32. The van der Waals surface area contributed by atoms with Crippen molar-refractivity contribution in [2.75, 3.05) is 13.2 Å². The zero-order valence-electron chi connectivity index (χ0n) is 15.8. The first-order chi connectivity index (χ1) is 13.7. The molecule has 1 heterocycles. The van der Waals surface area contributed by atoms with Crippen LogP contribution in [0.3, 0.4) is 0 Å². The maximum atomic E-state index is 13.0. The van der Waals surface area contributed by atoms with Crippen LogP contribution in [0.15, 0.2) is 65.5 Å². The fourth-order valence-corrected chi connectivity index (χ4v) is 3.05. The highest BCUT2D eigenvalue weighted by Gasteiger charge is 2.24. The lowest BCUT2D eigenvalue weighted by molar-refractivity contribution is 0.0949. The second kappa shape index (κ2) is 9.10. The number of nitrogens with zero attached hydrogens (tertiary/aromatic N) is 2. The summed E-state index contributed by atoms with van der Waals surface area (Å²) >= 11 is 0. The molecule has 0 radical (unpaired) electrons. The molecule has 3 aromatic rings. The second-order valence-electron chi connectivity index (χ2n) is 6.28. The van der Waals surface area contributed by atoms with Gasteiger partial charge in [0.15, 0.2) is 0 Å². The Morgan fingerprint density at radius 1 is 1.04 bits per heavy atom. The highest BCUT2D eigenvalue weighted by Crippen LogP contribution is 2.31. The zero-order chi connectivity index (χ0) is 19.9. The Balaban J connectivity index is 2.29. The van der Waals surface area contributed by atoms with Gasteiger partial charge in [-0.1, -0.05) is 60.7 Å². The molecule has 1 amide bonds. The van der Waals surface area contributed by atoms with Gasteiger partial charge in [0.25, 0.3) is 11.5 Å². The number of nitrogens with one attached hydrogen (secondary N) is 1. The molecule has 0 saturated heterocycles. The van der Waals surface area contributed by atoms with Crippen LogP contribution in [0.25, 0.3) is 22.4 Å². The maximum absolute atomic E-state index is 13.0. The molecule has 0 aliphatic rings. The molecular formula is C22H23N3O3. The highest BCUT2D eigenvalue weighted by atomic mass is 16.3. The van der Waals surface area contributed by atoms with Crippen LogP contribution in [0, 0.1) is 0 Å². The summed E-state index contributed by atoms with van der Waals surface area (Å²) < 4.78 is 1.32. The first kappa shape index (κ1) is 19.5. The van der Waals surface area contributed by atoms with Crippen molar-refractivity contribution in [3.63, 3.8) is 0 Å². The number of hydrogen-bond acceptors (Lipinski definition) is 4. The molecule has 0 saturated carbocycles. The number of aryl methyl sites for hydroxylation is 1. The zero-order valence-corrected chi connectivity index (χ0v) is 15.8. The summed E-state index contributed by atoms with van der Waals surface area (Å²) in [4.78, 5) is 26.0. The number of benzene rings is 2. The van der Waals surface area contributed by atoms with E-state index in [1.54, 1.807) is 0 Å². The average Bonchev–Trinajstić information content (AvgIpc) is 2.74. The lowest BCUT2D eigenvalue weighted by Gasteiger charge is -2.16. The van der Waals surface area contributed by atoms with Crippen molar-refractivity contribution in [2.24, 2.45) is 0 Å². The third-order valence-corrected chi connectivity index (χ3v) is 4.41. The Labute approximate surface area is 163 Å². The van der Waals surface area contributed by atoms with Gasteiger partial charge in [-0.25, -0.2) is 4.68 Å². The van der Waals surface area contributed by atoms with Crippen LogP contribution in [0.4, 0.5) is 0 Å². The summed E-state index contributed by atoms with van der Waals surface area (Å²) in [6.07, 6.45) is 0.422. The van der Waals surface area contributed by atoms with Crippen LogP contribution in [0.2, 0.25) is 0 Å². The van der Waals surface area contributed by atoms with E-state index in [9.17, 15) is 9.59 Å². The summed E-state index contributed by atoms with van der Waals surface area (Å²) in [6, 6.07) is 18.9. The van der Waals surface area contributed by atoms with Gasteiger partial charge in [-0.2, -0.15) is 5.10 Å². The Morgan fingerprint density at radius 2 is 1.64 bits per heavy atom. The molecule has 0 atom stereocenters. The number of rotatable bonds is 7. The van der Waals surface area contributed by atoms with E-state index in [4.69, 9.17) is 5.11 Å². The number of aliphatic hydroxyl groups is 1. The lowest BCUT2D eigenvalue weighted by Crippen LogP contribution is -2.36. The lowest BCUT2D eigenvalue weighted by atomic mass is 9.95. The maximum Gasteiger partial charge on any atom is 0.280 e. The number of aromatic nitrogens is 2. The van der Waals surface area contributed by atoms with Gasteiger partial charge in [-0.15, -0.1) is 0 Å². The van der Waals surface area contributed by atoms with E-state index in [1.165, 1.54) is 4.68 Å². The van der Waals surface area contributed by atoms with Gasteiger partial charge < -0.3 is 10.4 Å². The average molecular weight is 377 g/mol. The standard InChI is InChI=1S/C22H23N3O3/c1-2-25-22(28)19(21(27)23-14-9-15-26)18(16-10-5-3-6-11-16)20(24-25)17-12-7-4-8-13-17/h3-8,10-13,26H,2,9,14-15H2,1H3,(H,23,27). The molecule has 0 bridgehead atoms. The Kier molecular flexibility index (Phi) is 6.34. The number of carbonyl (C=O) groups excluding carboxylic acids is 1. The smallest absolute Gasteiger partial charge is 0.280 e. The van der Waals surface area contributed by atoms with Gasteiger partial charge >= 0.3 is 0 Å². The Bertz CT molecular complexity index is 999. The van der Waals surface area contributed by atoms with Crippen LogP contribution in [-0.4, -0.2) is 33.9 Å². The summed E-state index contributed by atoms with van der Waals surface area (Å²) in [6.45, 7) is 2.43. The van der Waals surface area contributed by atoms with E-state index in [1.807, 2.05) is 67.6 Å². The Morgan fingerprint density at radius 3 is 2.21 bits per heavy atom. The van der Waals surface area contributed by atoms with Gasteiger partial charge in [-0.3, -0.25) is 9.59 Å². The molecule has 2 aromatic carbocycles. The summed E-state index contributed by atoms with van der Waals surface area (Å²) in [5.74, 6) is -0.459. The predicted molar refractivity (Wildman–Crippen MR) is 109 cm³/mol. The van der Waals surface area contributed by atoms with Crippen LogP contribution in [-0.2, 0) is 6.54 Å². The van der Waals surface area contributed by atoms with E-state index in [-0.39, 0.29) is 18.7 Å². The third kappa shape index (κ3) is 4.02. The fourth-order valence-electron chi connectivity index (χ4n) is 3.05. The van der Waals surface area contributed by atoms with Crippen molar-refractivity contribution in [3.8, 4) is 22.4 Å². The fraction of sp³-hybridized carbons (Fsp3) is 0.227. The molecule has 0 aliphatic heterocycles. The number of carbonyl (C=O) groups is 1. The van der Waals surface area contributed by atoms with Gasteiger partial charge in [0.05, 0.1) is 5.69 Å². The van der Waals surface area contributed by atoms with E-state index >= 15 is 0 Å². The number of aliphatic hydroxyl groups excluding tert-OH is 1. The molecule has 6 nitrogen and oxygen atoms in total. The summed E-state index contributed by atoms with van der Waals surface area (Å²) in [5.41, 5.74) is 2.32. The van der Waals surface area contributed by atoms with Gasteiger partial charge in [0.2, 0.25) is 0 Å². The van der Waals surface area contributed by atoms with E-state index in [0.29, 0.717) is 24.2 Å². The molecule has 0 fully saturated rings. The molecular weight excluding hydrogens is 354 g/mol. The van der Waals surface area contributed by atoms with E-state index < -0.39 is 11.5 Å². The van der Waals surface area contributed by atoms with Crippen molar-refractivity contribution in [1.82, 2.24) is 15.1 Å². The topological polar surface area (TPSA) is 84.2 Å². The Hall–Kier alpha value is -3.25. The molecule has 1 aromatic heterocycles. The molecule has 0 aliphatic carbocycles. The minimum Gasteiger partial charge on any atom is -0.396 e. The van der Waals surface area contributed by atoms with Crippen LogP contribution < -0.4 is 10.9 Å². The third-order valence-electron chi connectivity index (χ3n) is 4.41. The van der Waals surface area contributed by atoms with E-state index in [0.717, 1.165) is 11.1 Å². The number of amides is 1. The molecule has 6 heteroatoms. The van der Waals surface area contributed by atoms with Gasteiger partial charge in [0.1, 0.15) is 5.56 Å². The van der Waals surface area contributed by atoms with Crippen molar-refractivity contribution >= 4 is 5.91 Å². The van der Waals surface area contributed by atoms with Gasteiger partial charge in [-0.05, 0) is 18.9 Å². The molecule has 2 N–H and O–H groups in total. The highest BCUT2D eigenvalue weighted by molar-refractivity contribution is 6.03. The minimum atomic E-state index is -0.459. The normalized spacial score (nSPS) is 10.6. The van der Waals surface area contributed by atoms with Crippen molar-refractivity contribution in [2.45, 2.75) is 19.9 Å². The molecule has 3 rings (SSSR count). The molecule has 28 heavy (non-hydrogen) atoms. The van der Waals surface area contributed by atoms with Crippen molar-refractivity contribution in [1.29, 1.82) is 0 Å². The summed E-state index contributed by atoms with van der Waals surface area (Å²) in [5, 5.41) is 16.3. The van der Waals surface area contributed by atoms with Crippen LogP contribution in [0.1, 0.15) is 23.7 Å². The first-order valence-electron chi connectivity index (χ1n) is 9.32. The second-order valence-corrected chi connectivity index (χ2v) is 6.28. The van der Waals surface area contributed by atoms with Crippen molar-refractivity contribution in [3.05, 3.63) is 76.6 Å². The molecule has 144 valence electrons. The molecule has 0 unspecified atom stereocenters. The van der Waals surface area contributed by atoms with Crippen LogP contribution >= 0.6 is 0 Å². The number of hydrogen-bond donors (Lipinski definition) is 2. The quantitative estimate of drug-likeness (QED) is 0.620. The minimum absolute atomic E-state index is 0.0311. The summed E-state index contributed by atoms with van der Waals surface area (Å²) in [7, 11) is 0. The predicted octanol–water partition coefficient (Wildman–Crippen LogP) is 2.71. The van der Waals surface area contributed by atoms with E-state index in [2.05, 4.69) is 10.4 Å². The molecule has 0 spiro atoms. The van der Waals surface area contributed by atoms with Crippen LogP contribution in [0.5, 0.6) is 0 Å². The van der Waals surface area contributed by atoms with Crippen molar-refractivity contribution < 1.29 is 9.90 Å². The monoisotopic (exact) mass is 377 g/mol. The SMILES string of the molecule is CCn1nc(-c2ccccc2)c(-c2ccccc2)c(C(=O)NCCCO)c1=O.